The summed E-state index contributed by atoms with van der Waals surface area (Å²) in [4.78, 5) is 10.7. The van der Waals surface area contributed by atoms with Crippen molar-refractivity contribution < 1.29 is 9.90 Å². The lowest BCUT2D eigenvalue weighted by molar-refractivity contribution is -0.133. The molecule has 1 heterocycles. The normalized spacial score (nSPS) is 30.2. The van der Waals surface area contributed by atoms with E-state index in [1.54, 1.807) is 6.08 Å². The van der Waals surface area contributed by atoms with Crippen LogP contribution >= 0.6 is 0 Å². The van der Waals surface area contributed by atoms with Crippen LogP contribution in [0.1, 0.15) is 0 Å². The number of carboxylic acid groups (broad SMARTS) is 1. The van der Waals surface area contributed by atoms with Gasteiger partial charge in [0.05, 0.1) is 11.6 Å². The third-order valence-corrected chi connectivity index (χ3v) is 2.29. The Morgan fingerprint density at radius 1 is 1.62 bits per heavy atom. The SMILES string of the molecule is NC1=CC2NC=C(C(=O)O)C2C=C1. The summed E-state index contributed by atoms with van der Waals surface area (Å²) in [5, 5.41) is 11.8. The van der Waals surface area contributed by atoms with Crippen molar-refractivity contribution in [3.05, 3.63) is 35.7 Å². The summed E-state index contributed by atoms with van der Waals surface area (Å²) in [6.07, 6.45) is 6.93. The lowest BCUT2D eigenvalue weighted by Gasteiger charge is -2.18. The quantitative estimate of drug-likeness (QED) is 0.526. The van der Waals surface area contributed by atoms with E-state index in [9.17, 15) is 4.79 Å². The van der Waals surface area contributed by atoms with Crippen LogP contribution in [0, 0.1) is 5.92 Å². The molecular formula is C9H10N2O2. The number of carboxylic acids is 1. The lowest BCUT2D eigenvalue weighted by atomic mass is 9.90. The lowest BCUT2D eigenvalue weighted by Crippen LogP contribution is -2.28. The van der Waals surface area contributed by atoms with Gasteiger partial charge in [-0.15, -0.1) is 0 Å². The number of aliphatic carboxylic acids is 1. The first-order chi connectivity index (χ1) is 6.18. The Bertz CT molecular complexity index is 342. The minimum atomic E-state index is -0.876. The predicted molar refractivity (Wildman–Crippen MR) is 47.5 cm³/mol. The number of hydrogen-bond donors (Lipinski definition) is 3. The van der Waals surface area contributed by atoms with Gasteiger partial charge >= 0.3 is 5.97 Å². The van der Waals surface area contributed by atoms with Gasteiger partial charge < -0.3 is 16.2 Å². The zero-order valence-electron chi connectivity index (χ0n) is 6.90. The third kappa shape index (κ3) is 1.20. The van der Waals surface area contributed by atoms with Crippen molar-refractivity contribution in [3.8, 4) is 0 Å². The molecule has 2 rings (SSSR count). The van der Waals surface area contributed by atoms with Crippen molar-refractivity contribution in [2.75, 3.05) is 0 Å². The molecule has 4 heteroatoms. The van der Waals surface area contributed by atoms with Crippen LogP contribution in [-0.2, 0) is 4.79 Å². The number of nitrogens with one attached hydrogen (secondary N) is 1. The summed E-state index contributed by atoms with van der Waals surface area (Å²) in [7, 11) is 0. The number of nitrogens with two attached hydrogens (primary N) is 1. The Hall–Kier alpha value is -1.71. The van der Waals surface area contributed by atoms with Crippen molar-refractivity contribution >= 4 is 5.97 Å². The fourth-order valence-corrected chi connectivity index (χ4v) is 1.64. The summed E-state index contributed by atoms with van der Waals surface area (Å²) >= 11 is 0. The van der Waals surface area contributed by atoms with E-state index in [4.69, 9.17) is 10.8 Å². The van der Waals surface area contributed by atoms with E-state index in [1.807, 2.05) is 12.2 Å². The summed E-state index contributed by atoms with van der Waals surface area (Å²) in [6, 6.07) is 0.0103. The van der Waals surface area contributed by atoms with E-state index in [0.29, 0.717) is 11.3 Å². The highest BCUT2D eigenvalue weighted by Gasteiger charge is 2.31. The topological polar surface area (TPSA) is 75.3 Å². The molecule has 4 N–H and O–H groups in total. The van der Waals surface area contributed by atoms with Crippen LogP contribution in [0.4, 0.5) is 0 Å². The average Bonchev–Trinajstić information content (AvgIpc) is 2.46. The van der Waals surface area contributed by atoms with E-state index in [0.717, 1.165) is 0 Å². The number of carbonyl (C=O) groups is 1. The monoisotopic (exact) mass is 178 g/mol. The molecule has 13 heavy (non-hydrogen) atoms. The second kappa shape index (κ2) is 2.65. The van der Waals surface area contributed by atoms with E-state index < -0.39 is 5.97 Å². The molecule has 0 amide bonds. The van der Waals surface area contributed by atoms with E-state index in [2.05, 4.69) is 5.32 Å². The number of hydrogen-bond acceptors (Lipinski definition) is 3. The standard InChI is InChI=1S/C9H10N2O2/c10-5-1-2-6-7(9(12)13)4-11-8(6)3-5/h1-4,6,8,11H,10H2,(H,12,13). The van der Waals surface area contributed by atoms with Crippen LogP contribution in [0.25, 0.3) is 0 Å². The van der Waals surface area contributed by atoms with Gasteiger partial charge in [-0.1, -0.05) is 6.08 Å². The predicted octanol–water partition coefficient (Wildman–Crippen LogP) is -0.0447. The van der Waals surface area contributed by atoms with Gasteiger partial charge in [0.15, 0.2) is 0 Å². The van der Waals surface area contributed by atoms with Crippen molar-refractivity contribution in [3.63, 3.8) is 0 Å². The molecular weight excluding hydrogens is 168 g/mol. The first-order valence-electron chi connectivity index (χ1n) is 4.03. The fourth-order valence-electron chi connectivity index (χ4n) is 1.64. The van der Waals surface area contributed by atoms with E-state index >= 15 is 0 Å². The summed E-state index contributed by atoms with van der Waals surface area (Å²) in [5.41, 5.74) is 6.64. The molecule has 2 unspecified atom stereocenters. The summed E-state index contributed by atoms with van der Waals surface area (Å²) < 4.78 is 0. The summed E-state index contributed by atoms with van der Waals surface area (Å²) in [5.74, 6) is -0.955. The molecule has 2 atom stereocenters. The number of rotatable bonds is 1. The van der Waals surface area contributed by atoms with Crippen molar-refractivity contribution in [2.45, 2.75) is 6.04 Å². The van der Waals surface area contributed by atoms with E-state index in [-0.39, 0.29) is 12.0 Å². The third-order valence-electron chi connectivity index (χ3n) is 2.29. The maximum atomic E-state index is 10.7. The zero-order chi connectivity index (χ0) is 9.42. The molecule has 0 saturated carbocycles. The molecule has 0 aromatic heterocycles. The Morgan fingerprint density at radius 2 is 2.38 bits per heavy atom. The molecule has 1 aliphatic heterocycles. The highest BCUT2D eigenvalue weighted by atomic mass is 16.4. The molecule has 0 saturated heterocycles. The van der Waals surface area contributed by atoms with Crippen LogP contribution in [0.5, 0.6) is 0 Å². The maximum Gasteiger partial charge on any atom is 0.333 e. The molecule has 0 bridgehead atoms. The maximum absolute atomic E-state index is 10.7. The van der Waals surface area contributed by atoms with Gasteiger partial charge in [0, 0.05) is 17.8 Å². The smallest absolute Gasteiger partial charge is 0.333 e. The molecule has 2 aliphatic rings. The number of allylic oxidation sites excluding steroid dienone is 1. The molecule has 0 radical (unpaired) electrons. The van der Waals surface area contributed by atoms with Crippen LogP contribution in [0.3, 0.4) is 0 Å². The Labute approximate surface area is 75.4 Å². The van der Waals surface area contributed by atoms with Gasteiger partial charge in [-0.25, -0.2) is 4.79 Å². The first-order valence-corrected chi connectivity index (χ1v) is 4.03. The van der Waals surface area contributed by atoms with Crippen LogP contribution in [0.2, 0.25) is 0 Å². The molecule has 68 valence electrons. The minimum Gasteiger partial charge on any atom is -0.478 e. The Balaban J connectivity index is 2.26. The van der Waals surface area contributed by atoms with Crippen molar-refractivity contribution in [1.82, 2.24) is 5.32 Å². The second-order valence-electron chi connectivity index (χ2n) is 3.15. The highest BCUT2D eigenvalue weighted by Crippen LogP contribution is 2.27. The first kappa shape index (κ1) is 7.91. The zero-order valence-corrected chi connectivity index (χ0v) is 6.90. The average molecular weight is 178 g/mol. The Morgan fingerprint density at radius 3 is 3.08 bits per heavy atom. The Kier molecular flexibility index (Phi) is 1.62. The van der Waals surface area contributed by atoms with Gasteiger partial charge in [-0.05, 0) is 12.2 Å². The van der Waals surface area contributed by atoms with Gasteiger partial charge in [-0.3, -0.25) is 0 Å². The molecule has 0 spiro atoms. The van der Waals surface area contributed by atoms with E-state index in [1.165, 1.54) is 6.20 Å². The fraction of sp³-hybridized carbons (Fsp3) is 0.222. The van der Waals surface area contributed by atoms with Crippen molar-refractivity contribution in [1.29, 1.82) is 0 Å². The minimum absolute atomic E-state index is 0.0103. The summed E-state index contributed by atoms with van der Waals surface area (Å²) in [6.45, 7) is 0. The van der Waals surface area contributed by atoms with Crippen LogP contribution < -0.4 is 11.1 Å². The van der Waals surface area contributed by atoms with Gasteiger partial charge in [-0.2, -0.15) is 0 Å². The molecule has 0 aromatic rings. The second-order valence-corrected chi connectivity index (χ2v) is 3.15. The van der Waals surface area contributed by atoms with Crippen LogP contribution in [-0.4, -0.2) is 17.1 Å². The molecule has 0 aromatic carbocycles. The van der Waals surface area contributed by atoms with Crippen molar-refractivity contribution in [2.24, 2.45) is 11.7 Å². The van der Waals surface area contributed by atoms with Gasteiger partial charge in [0.2, 0.25) is 0 Å². The van der Waals surface area contributed by atoms with Gasteiger partial charge in [0.25, 0.3) is 0 Å². The molecule has 0 fully saturated rings. The number of fused-ring (bicyclic) bond motifs is 1. The molecule has 1 aliphatic carbocycles. The van der Waals surface area contributed by atoms with Gasteiger partial charge in [0.1, 0.15) is 0 Å². The molecule has 4 nitrogen and oxygen atoms in total. The largest absolute Gasteiger partial charge is 0.478 e. The van der Waals surface area contributed by atoms with Crippen LogP contribution in [0.15, 0.2) is 35.7 Å². The highest BCUT2D eigenvalue weighted by molar-refractivity contribution is 5.88.